The lowest BCUT2D eigenvalue weighted by atomic mass is 9.75. The van der Waals surface area contributed by atoms with E-state index in [1.165, 1.54) is 34.4 Å². The van der Waals surface area contributed by atoms with Gasteiger partial charge in [-0.15, -0.1) is 11.3 Å². The summed E-state index contributed by atoms with van der Waals surface area (Å²) in [5.74, 6) is 0.170. The van der Waals surface area contributed by atoms with E-state index in [4.69, 9.17) is 22.7 Å². The zero-order valence-electron chi connectivity index (χ0n) is 17.7. The number of anilines is 1. The van der Waals surface area contributed by atoms with Gasteiger partial charge in [0.25, 0.3) is 0 Å². The molecule has 1 aliphatic rings. The van der Waals surface area contributed by atoms with Gasteiger partial charge < -0.3 is 13.9 Å². The van der Waals surface area contributed by atoms with Crippen molar-refractivity contribution < 1.29 is 8.94 Å². The molecule has 1 N–H and O–H groups in total. The van der Waals surface area contributed by atoms with Gasteiger partial charge in [-0.1, -0.05) is 5.16 Å². The number of rotatable bonds is 6. The first-order chi connectivity index (χ1) is 17.4. The van der Waals surface area contributed by atoms with Crippen molar-refractivity contribution in [3.05, 3.63) is 99.6 Å². The van der Waals surface area contributed by atoms with Crippen LogP contribution in [-0.2, 0) is 5.54 Å². The van der Waals surface area contributed by atoms with Gasteiger partial charge in [-0.2, -0.15) is 8.75 Å². The maximum absolute atomic E-state index is 5.96. The number of H-pyrrole nitrogens is 1. The van der Waals surface area contributed by atoms with Crippen molar-refractivity contribution in [2.75, 3.05) is 4.90 Å². The molecular formula is C22H14N8O2S3. The summed E-state index contributed by atoms with van der Waals surface area (Å²) >= 11 is 4.19. The fraction of sp³-hybridized carbons (Fsp3) is 0.0909. The highest BCUT2D eigenvalue weighted by Crippen LogP contribution is 2.62. The molecule has 6 aromatic rings. The first-order valence-corrected chi connectivity index (χ1v) is 13.0. The molecule has 35 heavy (non-hydrogen) atoms. The Bertz CT molecular complexity index is 1420. The fourth-order valence-corrected chi connectivity index (χ4v) is 6.46. The Balaban J connectivity index is 1.67. The Hall–Kier alpha value is -3.94. The Labute approximate surface area is 210 Å². The minimum absolute atomic E-state index is 0.373. The SMILES string of the molecule is c1c[nH]c(C2(c3ccon3)C(c3ncsn3)C(c3ccsn3)=C(c3nccs3)N2c2ncco2)c1. The molecule has 0 bridgehead atoms. The summed E-state index contributed by atoms with van der Waals surface area (Å²) in [6.45, 7) is 0. The normalized spacial score (nSPS) is 20.2. The maximum atomic E-state index is 5.96. The summed E-state index contributed by atoms with van der Waals surface area (Å²) in [5.41, 5.74) is 4.66. The Morgan fingerprint density at radius 3 is 2.66 bits per heavy atom. The van der Waals surface area contributed by atoms with E-state index in [1.807, 2.05) is 46.1 Å². The highest BCUT2D eigenvalue weighted by molar-refractivity contribution is 7.10. The average molecular weight is 519 g/mol. The second-order valence-electron chi connectivity index (χ2n) is 7.59. The second kappa shape index (κ2) is 8.08. The van der Waals surface area contributed by atoms with Crippen molar-refractivity contribution in [1.29, 1.82) is 0 Å². The van der Waals surface area contributed by atoms with Crippen molar-refractivity contribution in [3.63, 3.8) is 0 Å². The first kappa shape index (κ1) is 20.4. The third-order valence-electron chi connectivity index (χ3n) is 5.97. The van der Waals surface area contributed by atoms with Gasteiger partial charge in [0.15, 0.2) is 5.82 Å². The molecule has 10 nitrogen and oxygen atoms in total. The van der Waals surface area contributed by atoms with Crippen LogP contribution in [0.5, 0.6) is 0 Å². The zero-order chi connectivity index (χ0) is 23.2. The average Bonchev–Trinajstić information content (AvgIpc) is 3.71. The molecule has 2 atom stereocenters. The molecule has 0 radical (unpaired) electrons. The molecule has 0 aliphatic carbocycles. The minimum atomic E-state index is -1.04. The zero-order valence-corrected chi connectivity index (χ0v) is 20.1. The van der Waals surface area contributed by atoms with Crippen LogP contribution in [-0.4, -0.2) is 33.8 Å². The minimum Gasteiger partial charge on any atom is -0.432 e. The Morgan fingerprint density at radius 2 is 2.00 bits per heavy atom. The molecule has 13 heteroatoms. The molecule has 0 amide bonds. The Kier molecular flexibility index (Phi) is 4.72. The van der Waals surface area contributed by atoms with Crippen molar-refractivity contribution >= 4 is 51.7 Å². The van der Waals surface area contributed by atoms with Crippen LogP contribution in [0, 0.1) is 0 Å². The lowest BCUT2D eigenvalue weighted by Gasteiger charge is -2.40. The molecule has 0 spiro atoms. The molecule has 1 aliphatic heterocycles. The smallest absolute Gasteiger partial charge is 0.303 e. The van der Waals surface area contributed by atoms with Crippen LogP contribution >= 0.6 is 34.4 Å². The van der Waals surface area contributed by atoms with Crippen LogP contribution in [0.1, 0.15) is 33.8 Å². The van der Waals surface area contributed by atoms with Gasteiger partial charge in [0.1, 0.15) is 34.3 Å². The second-order valence-corrected chi connectivity index (χ2v) is 9.76. The summed E-state index contributed by atoms with van der Waals surface area (Å²) in [5, 5.41) is 9.13. The number of aromatic nitrogens is 7. The largest absolute Gasteiger partial charge is 0.432 e. The van der Waals surface area contributed by atoms with Crippen LogP contribution in [0.3, 0.4) is 0 Å². The van der Waals surface area contributed by atoms with Crippen molar-refractivity contribution in [1.82, 2.24) is 33.8 Å². The third kappa shape index (κ3) is 2.92. The van der Waals surface area contributed by atoms with Crippen LogP contribution in [0.2, 0.25) is 0 Å². The highest BCUT2D eigenvalue weighted by Gasteiger charge is 2.62. The van der Waals surface area contributed by atoms with Gasteiger partial charge in [0, 0.05) is 40.5 Å². The third-order valence-corrected chi connectivity index (χ3v) is 7.80. The van der Waals surface area contributed by atoms with Gasteiger partial charge >= 0.3 is 6.01 Å². The molecule has 0 saturated carbocycles. The van der Waals surface area contributed by atoms with Crippen LogP contribution in [0.4, 0.5) is 6.01 Å². The number of hydrogen-bond donors (Lipinski definition) is 1. The van der Waals surface area contributed by atoms with Gasteiger partial charge in [-0.05, 0) is 41.3 Å². The van der Waals surface area contributed by atoms with E-state index >= 15 is 0 Å². The predicted molar refractivity (Wildman–Crippen MR) is 131 cm³/mol. The first-order valence-electron chi connectivity index (χ1n) is 10.4. The number of nitrogens with one attached hydrogen (secondary N) is 1. The number of hydrogen-bond acceptors (Lipinski definition) is 12. The van der Waals surface area contributed by atoms with Gasteiger partial charge in [0.2, 0.25) is 0 Å². The van der Waals surface area contributed by atoms with E-state index < -0.39 is 11.5 Å². The summed E-state index contributed by atoms with van der Waals surface area (Å²) < 4.78 is 20.8. The summed E-state index contributed by atoms with van der Waals surface area (Å²) in [6, 6.07) is 8.17. The molecule has 0 fully saturated rings. The highest BCUT2D eigenvalue weighted by atomic mass is 32.1. The van der Waals surface area contributed by atoms with E-state index in [0.717, 1.165) is 27.7 Å². The molecule has 172 valence electrons. The molecule has 2 unspecified atom stereocenters. The summed E-state index contributed by atoms with van der Waals surface area (Å²) in [6.07, 6.45) is 8.38. The molecule has 0 saturated heterocycles. The molecule has 6 aromatic heterocycles. The Morgan fingerprint density at radius 1 is 1.00 bits per heavy atom. The van der Waals surface area contributed by atoms with Gasteiger partial charge in [-0.25, -0.2) is 15.0 Å². The number of thiazole rings is 1. The van der Waals surface area contributed by atoms with E-state index in [0.29, 0.717) is 17.5 Å². The van der Waals surface area contributed by atoms with E-state index in [-0.39, 0.29) is 0 Å². The van der Waals surface area contributed by atoms with Crippen LogP contribution in [0.15, 0.2) is 80.6 Å². The van der Waals surface area contributed by atoms with Crippen LogP contribution in [0.25, 0.3) is 11.3 Å². The fourth-order valence-electron chi connectivity index (χ4n) is 4.79. The standard InChI is InChI=1S/C22H14N8O2S3/c1-2-14(23-5-1)22(15-3-8-32-27-15)17(19-26-12-35-29-19)16(13-4-10-34-28-13)18(20-24-7-11-33-20)30(22)21-25-6-9-31-21/h1-12,17,23H. The molecule has 7 heterocycles. The monoisotopic (exact) mass is 518 g/mol. The van der Waals surface area contributed by atoms with Crippen molar-refractivity contribution in [2.24, 2.45) is 0 Å². The van der Waals surface area contributed by atoms with Gasteiger partial charge in [-0.3, -0.25) is 4.90 Å². The molecule has 7 rings (SSSR count). The molecular weight excluding hydrogens is 504 g/mol. The lowest BCUT2D eigenvalue weighted by molar-refractivity contribution is 0.368. The number of nitrogens with zero attached hydrogens (tertiary/aromatic N) is 7. The van der Waals surface area contributed by atoms with Gasteiger partial charge in [0.05, 0.1) is 23.5 Å². The summed E-state index contributed by atoms with van der Waals surface area (Å²) in [7, 11) is 0. The topological polar surface area (TPSA) is 123 Å². The van der Waals surface area contributed by atoms with E-state index in [1.54, 1.807) is 30.4 Å². The van der Waals surface area contributed by atoms with Crippen molar-refractivity contribution in [2.45, 2.75) is 11.5 Å². The van der Waals surface area contributed by atoms with E-state index in [2.05, 4.69) is 20.1 Å². The number of aromatic amines is 1. The van der Waals surface area contributed by atoms with E-state index in [9.17, 15) is 0 Å². The van der Waals surface area contributed by atoms with Crippen LogP contribution < -0.4 is 4.90 Å². The number of oxazole rings is 1. The molecule has 0 aromatic carbocycles. The quantitative estimate of drug-likeness (QED) is 0.329. The van der Waals surface area contributed by atoms with Crippen molar-refractivity contribution in [3.8, 4) is 0 Å². The maximum Gasteiger partial charge on any atom is 0.303 e. The predicted octanol–water partition coefficient (Wildman–Crippen LogP) is 4.87. The lowest BCUT2D eigenvalue weighted by Crippen LogP contribution is -2.47. The summed E-state index contributed by atoms with van der Waals surface area (Å²) in [4.78, 5) is 19.4.